The Kier molecular flexibility index (Phi) is 4.49. The van der Waals surface area contributed by atoms with E-state index in [1.54, 1.807) is 12.1 Å². The third-order valence-corrected chi connectivity index (χ3v) is 5.39. The van der Waals surface area contributed by atoms with Crippen molar-refractivity contribution in [2.24, 2.45) is 0 Å². The summed E-state index contributed by atoms with van der Waals surface area (Å²) in [4.78, 5) is 12.3. The zero-order valence-corrected chi connectivity index (χ0v) is 14.5. The van der Waals surface area contributed by atoms with Gasteiger partial charge in [0.15, 0.2) is 6.17 Å². The second-order valence-corrected chi connectivity index (χ2v) is 7.79. The molecule has 0 fully saturated rings. The first-order valence-electron chi connectivity index (χ1n) is 7.75. The largest absolute Gasteiger partial charge is 0.360 e. The van der Waals surface area contributed by atoms with E-state index in [1.165, 1.54) is 0 Å². The lowest BCUT2D eigenvalue weighted by Crippen LogP contribution is -2.51. The number of amides is 1. The van der Waals surface area contributed by atoms with Crippen molar-refractivity contribution in [3.8, 4) is 0 Å². The van der Waals surface area contributed by atoms with Crippen molar-refractivity contribution in [3.63, 3.8) is 0 Å². The first kappa shape index (κ1) is 17.4. The smallest absolute Gasteiger partial charge is 0.262 e. The van der Waals surface area contributed by atoms with Crippen LogP contribution in [0.1, 0.15) is 25.3 Å². The summed E-state index contributed by atoms with van der Waals surface area (Å²) < 4.78 is 40.0. The van der Waals surface area contributed by atoms with E-state index in [0.717, 1.165) is 23.8 Å². The molecule has 0 aromatic heterocycles. The van der Waals surface area contributed by atoms with Crippen LogP contribution < -0.4 is 15.4 Å². The van der Waals surface area contributed by atoms with Gasteiger partial charge < -0.3 is 10.6 Å². The molecule has 1 unspecified atom stereocenters. The molecule has 0 radical (unpaired) electrons. The first-order chi connectivity index (χ1) is 11.8. The zero-order chi connectivity index (χ0) is 18.2. The Morgan fingerprint density at radius 3 is 2.48 bits per heavy atom. The first-order valence-corrected chi connectivity index (χ1v) is 9.24. The molecule has 1 aliphatic heterocycles. The average Bonchev–Trinajstić information content (AvgIpc) is 2.54. The second kappa shape index (κ2) is 6.45. The van der Waals surface area contributed by atoms with Gasteiger partial charge >= 0.3 is 0 Å². The van der Waals surface area contributed by atoms with E-state index in [9.17, 15) is 17.6 Å². The fourth-order valence-corrected chi connectivity index (χ4v) is 3.80. The van der Waals surface area contributed by atoms with Crippen LogP contribution in [0.25, 0.3) is 0 Å². The number of fused-ring (bicyclic) bond motifs is 1. The van der Waals surface area contributed by atoms with Crippen molar-refractivity contribution in [2.75, 3.05) is 10.6 Å². The lowest BCUT2D eigenvalue weighted by atomic mass is 10.0. The molecule has 3 N–H and O–H groups in total. The molecule has 6 nitrogen and oxygen atoms in total. The summed E-state index contributed by atoms with van der Waals surface area (Å²) in [6, 6.07) is 10.5. The van der Waals surface area contributed by atoms with Crippen molar-refractivity contribution in [3.05, 3.63) is 53.8 Å². The quantitative estimate of drug-likeness (QED) is 0.782. The standard InChI is InChI=1S/C17H18FN3O3S/c1-10(2)11-3-6-13(7-4-11)19-17(22)16-20-14-9-12(18)5-8-15(14)25(23,24)21-16/h3-10,16,20-21H,1-2H3,(H,19,22). The zero-order valence-electron chi connectivity index (χ0n) is 13.7. The number of carbonyl (C=O) groups is 1. The number of hydrogen-bond donors (Lipinski definition) is 3. The van der Waals surface area contributed by atoms with Gasteiger partial charge in [-0.25, -0.2) is 12.8 Å². The molecule has 0 saturated carbocycles. The minimum absolute atomic E-state index is 0.0501. The number of sulfonamides is 1. The summed E-state index contributed by atoms with van der Waals surface area (Å²) in [7, 11) is -3.90. The van der Waals surface area contributed by atoms with E-state index in [4.69, 9.17) is 0 Å². The van der Waals surface area contributed by atoms with Gasteiger partial charge in [-0.15, -0.1) is 0 Å². The highest BCUT2D eigenvalue weighted by Gasteiger charge is 2.33. The maximum atomic E-state index is 13.4. The SMILES string of the molecule is CC(C)c1ccc(NC(=O)C2Nc3cc(F)ccc3S(=O)(=O)N2)cc1. The molecule has 8 heteroatoms. The van der Waals surface area contributed by atoms with Gasteiger partial charge in [-0.1, -0.05) is 26.0 Å². The maximum Gasteiger partial charge on any atom is 0.262 e. The normalized spacial score (nSPS) is 18.3. The highest BCUT2D eigenvalue weighted by atomic mass is 32.2. The molecule has 132 valence electrons. The van der Waals surface area contributed by atoms with Gasteiger partial charge in [0.25, 0.3) is 5.91 Å². The Balaban J connectivity index is 1.79. The molecule has 2 aromatic carbocycles. The van der Waals surface area contributed by atoms with Crippen molar-refractivity contribution < 1.29 is 17.6 Å². The molecule has 0 saturated heterocycles. The Morgan fingerprint density at radius 2 is 1.84 bits per heavy atom. The number of benzene rings is 2. The van der Waals surface area contributed by atoms with Gasteiger partial charge in [0, 0.05) is 5.69 Å². The monoisotopic (exact) mass is 363 g/mol. The number of nitrogens with one attached hydrogen (secondary N) is 3. The number of carbonyl (C=O) groups excluding carboxylic acids is 1. The van der Waals surface area contributed by atoms with E-state index in [2.05, 4.69) is 29.2 Å². The summed E-state index contributed by atoms with van der Waals surface area (Å²) in [5.41, 5.74) is 1.72. The Labute approximate surface area is 145 Å². The lowest BCUT2D eigenvalue weighted by molar-refractivity contribution is -0.117. The number of halogens is 1. The second-order valence-electron chi connectivity index (χ2n) is 6.11. The minimum Gasteiger partial charge on any atom is -0.360 e. The van der Waals surface area contributed by atoms with Crippen LogP contribution in [0.2, 0.25) is 0 Å². The number of hydrogen-bond acceptors (Lipinski definition) is 4. The molecule has 1 amide bonds. The molecule has 3 rings (SSSR count). The molecule has 0 bridgehead atoms. The minimum atomic E-state index is -3.90. The topological polar surface area (TPSA) is 87.3 Å². The van der Waals surface area contributed by atoms with E-state index in [1.807, 2.05) is 12.1 Å². The molecule has 1 heterocycles. The average molecular weight is 363 g/mol. The third kappa shape index (κ3) is 3.64. The van der Waals surface area contributed by atoms with Gasteiger partial charge in [0.05, 0.1) is 5.69 Å². The Hall–Kier alpha value is -2.45. The van der Waals surface area contributed by atoms with Gasteiger partial charge in [-0.3, -0.25) is 4.79 Å². The van der Waals surface area contributed by atoms with Gasteiger partial charge in [0.2, 0.25) is 10.0 Å². The summed E-state index contributed by atoms with van der Waals surface area (Å²) >= 11 is 0. The van der Waals surface area contributed by atoms with Crippen LogP contribution in [-0.2, 0) is 14.8 Å². The van der Waals surface area contributed by atoms with Crippen LogP contribution in [0.15, 0.2) is 47.4 Å². The maximum absolute atomic E-state index is 13.4. The van der Waals surface area contributed by atoms with Crippen LogP contribution in [0.4, 0.5) is 15.8 Å². The van der Waals surface area contributed by atoms with E-state index in [0.29, 0.717) is 11.6 Å². The van der Waals surface area contributed by atoms with Crippen LogP contribution in [0, 0.1) is 5.82 Å². The molecular weight excluding hydrogens is 345 g/mol. The van der Waals surface area contributed by atoms with Gasteiger partial charge in [-0.05, 0) is 41.8 Å². The van der Waals surface area contributed by atoms with Crippen molar-refractivity contribution >= 4 is 27.3 Å². The Morgan fingerprint density at radius 1 is 1.16 bits per heavy atom. The predicted octanol–water partition coefficient (Wildman–Crippen LogP) is 2.62. The van der Waals surface area contributed by atoms with Crippen molar-refractivity contribution in [1.82, 2.24) is 4.72 Å². The van der Waals surface area contributed by atoms with Crippen LogP contribution in [0.5, 0.6) is 0 Å². The molecule has 25 heavy (non-hydrogen) atoms. The highest BCUT2D eigenvalue weighted by Crippen LogP contribution is 2.27. The Bertz CT molecular complexity index is 911. The highest BCUT2D eigenvalue weighted by molar-refractivity contribution is 7.89. The van der Waals surface area contributed by atoms with Crippen LogP contribution >= 0.6 is 0 Å². The lowest BCUT2D eigenvalue weighted by Gasteiger charge is -2.27. The van der Waals surface area contributed by atoms with E-state index >= 15 is 0 Å². The molecular formula is C17H18FN3O3S. The predicted molar refractivity (Wildman–Crippen MR) is 93.3 cm³/mol. The van der Waals surface area contributed by atoms with Crippen molar-refractivity contribution in [2.45, 2.75) is 30.8 Å². The molecule has 1 aliphatic rings. The number of anilines is 2. The molecule has 2 aromatic rings. The summed E-state index contributed by atoms with van der Waals surface area (Å²) in [5.74, 6) is -0.814. The molecule has 0 spiro atoms. The van der Waals surface area contributed by atoms with E-state index in [-0.39, 0.29) is 10.6 Å². The van der Waals surface area contributed by atoms with Crippen LogP contribution in [-0.4, -0.2) is 20.5 Å². The summed E-state index contributed by atoms with van der Waals surface area (Å²) in [5, 5.41) is 5.34. The number of rotatable bonds is 3. The fourth-order valence-electron chi connectivity index (χ4n) is 2.54. The molecule has 1 atom stereocenters. The van der Waals surface area contributed by atoms with E-state index < -0.39 is 27.9 Å². The van der Waals surface area contributed by atoms with Gasteiger partial charge in [0.1, 0.15) is 10.7 Å². The fraction of sp³-hybridized carbons (Fsp3) is 0.235. The van der Waals surface area contributed by atoms with Crippen LogP contribution in [0.3, 0.4) is 0 Å². The summed E-state index contributed by atoms with van der Waals surface area (Å²) in [6.45, 7) is 4.12. The van der Waals surface area contributed by atoms with Crippen molar-refractivity contribution in [1.29, 1.82) is 0 Å². The summed E-state index contributed by atoms with van der Waals surface area (Å²) in [6.07, 6.45) is -1.23. The third-order valence-electron chi connectivity index (χ3n) is 3.91. The van der Waals surface area contributed by atoms with Gasteiger partial charge in [-0.2, -0.15) is 4.72 Å². The molecule has 0 aliphatic carbocycles.